The quantitative estimate of drug-likeness (QED) is 0.809. The van der Waals surface area contributed by atoms with E-state index in [1.54, 1.807) is 0 Å². The Morgan fingerprint density at radius 2 is 1.88 bits per heavy atom. The largest absolute Gasteiger partial charge is 0.373 e. The zero-order valence-corrected chi connectivity index (χ0v) is 10.6. The maximum atomic E-state index is 12.1. The zero-order valence-electron chi connectivity index (χ0n) is 10.6. The third-order valence-electron chi connectivity index (χ3n) is 3.24. The summed E-state index contributed by atoms with van der Waals surface area (Å²) in [6.07, 6.45) is 0.388. The predicted molar refractivity (Wildman–Crippen MR) is 67.7 cm³/mol. The highest BCUT2D eigenvalue weighted by atomic mass is 16.3. The molecule has 1 amide bonds. The van der Waals surface area contributed by atoms with Crippen molar-refractivity contribution in [2.45, 2.75) is 39.8 Å². The summed E-state index contributed by atoms with van der Waals surface area (Å²) in [5, 5.41) is 10.1. The molecule has 0 aromatic heterocycles. The van der Waals surface area contributed by atoms with E-state index in [1.165, 1.54) is 4.90 Å². The van der Waals surface area contributed by atoms with Gasteiger partial charge in [0.15, 0.2) is 0 Å². The van der Waals surface area contributed by atoms with Crippen molar-refractivity contribution in [2.24, 2.45) is 5.41 Å². The van der Waals surface area contributed by atoms with Gasteiger partial charge in [0.25, 0.3) is 0 Å². The van der Waals surface area contributed by atoms with Crippen LogP contribution < -0.4 is 4.90 Å². The molecule has 0 saturated carbocycles. The lowest BCUT2D eigenvalue weighted by Gasteiger charge is -2.40. The number of amides is 1. The van der Waals surface area contributed by atoms with Gasteiger partial charge in [-0.2, -0.15) is 0 Å². The van der Waals surface area contributed by atoms with Gasteiger partial charge in [-0.15, -0.1) is 0 Å². The zero-order chi connectivity index (χ0) is 12.6. The van der Waals surface area contributed by atoms with Crippen molar-refractivity contribution in [3.8, 4) is 0 Å². The highest BCUT2D eigenvalue weighted by molar-refractivity contribution is 5.94. The van der Waals surface area contributed by atoms with Gasteiger partial charge in [0.05, 0.1) is 0 Å². The molecule has 1 aromatic rings. The summed E-state index contributed by atoms with van der Waals surface area (Å²) in [6, 6.07) is 7.67. The lowest BCUT2D eigenvalue weighted by Crippen LogP contribution is -2.49. The highest BCUT2D eigenvalue weighted by Crippen LogP contribution is 2.36. The number of anilines is 1. The molecule has 0 aliphatic carbocycles. The number of nitrogens with zero attached hydrogens (tertiary/aromatic N) is 1. The first-order valence-electron chi connectivity index (χ1n) is 5.96. The number of benzene rings is 1. The minimum atomic E-state index is -0.714. The molecule has 1 fully saturated rings. The number of aliphatic hydroxyl groups excluding tert-OH is 1. The average Bonchev–Trinajstić information content (AvgIpc) is 2.18. The summed E-state index contributed by atoms with van der Waals surface area (Å²) in [6.45, 7) is 6.03. The smallest absolute Gasteiger partial charge is 0.229 e. The van der Waals surface area contributed by atoms with Gasteiger partial charge in [0, 0.05) is 12.1 Å². The number of hydrogen-bond donors (Lipinski definition) is 1. The Kier molecular flexibility index (Phi) is 2.96. The van der Waals surface area contributed by atoms with Crippen LogP contribution in [0.25, 0.3) is 0 Å². The third-order valence-corrected chi connectivity index (χ3v) is 3.24. The normalized spacial score (nSPS) is 23.9. The van der Waals surface area contributed by atoms with Crippen molar-refractivity contribution in [3.63, 3.8) is 0 Å². The minimum Gasteiger partial charge on any atom is -0.373 e. The number of carbonyl (C=O) groups excluding carboxylic acids is 1. The van der Waals surface area contributed by atoms with Crippen LogP contribution in [0.2, 0.25) is 0 Å². The Balaban J connectivity index is 2.27. The number of rotatable bonds is 1. The Morgan fingerprint density at radius 1 is 1.29 bits per heavy atom. The fraction of sp³-hybridized carbons (Fsp3) is 0.500. The average molecular weight is 233 g/mol. The number of aliphatic hydroxyl groups is 1. The Hall–Kier alpha value is -1.35. The van der Waals surface area contributed by atoms with Gasteiger partial charge in [0.1, 0.15) is 6.23 Å². The maximum Gasteiger partial charge on any atom is 0.229 e. The molecular formula is C14H19NO2. The molecule has 1 aliphatic rings. The van der Waals surface area contributed by atoms with Crippen LogP contribution in [-0.2, 0) is 4.79 Å². The summed E-state index contributed by atoms with van der Waals surface area (Å²) in [7, 11) is 0. The molecule has 17 heavy (non-hydrogen) atoms. The van der Waals surface area contributed by atoms with Crippen molar-refractivity contribution in [1.29, 1.82) is 0 Å². The number of piperidine rings is 1. The predicted octanol–water partition coefficient (Wildman–Crippen LogP) is 2.47. The summed E-state index contributed by atoms with van der Waals surface area (Å²) < 4.78 is 0. The van der Waals surface area contributed by atoms with Crippen LogP contribution in [-0.4, -0.2) is 17.2 Å². The van der Waals surface area contributed by atoms with Gasteiger partial charge in [0.2, 0.25) is 5.91 Å². The molecule has 3 nitrogen and oxygen atoms in total. The van der Waals surface area contributed by atoms with E-state index in [4.69, 9.17) is 0 Å². The summed E-state index contributed by atoms with van der Waals surface area (Å²) in [5.41, 5.74) is 1.81. The van der Waals surface area contributed by atoms with E-state index in [0.717, 1.165) is 11.3 Å². The molecule has 1 heterocycles. The SMILES string of the molecule is Cc1ccc(N2C(=O)CC(C)(C)CC2O)cc1. The minimum absolute atomic E-state index is 0.00222. The fourth-order valence-electron chi connectivity index (χ4n) is 2.34. The second kappa shape index (κ2) is 4.15. The van der Waals surface area contributed by atoms with E-state index in [9.17, 15) is 9.90 Å². The van der Waals surface area contributed by atoms with Crippen LogP contribution in [0.3, 0.4) is 0 Å². The van der Waals surface area contributed by atoms with Gasteiger partial charge >= 0.3 is 0 Å². The molecule has 0 spiro atoms. The molecule has 1 aromatic carbocycles. The van der Waals surface area contributed by atoms with Gasteiger partial charge in [-0.1, -0.05) is 31.5 Å². The van der Waals surface area contributed by atoms with E-state index < -0.39 is 6.23 Å². The van der Waals surface area contributed by atoms with Crippen LogP contribution in [0.5, 0.6) is 0 Å². The van der Waals surface area contributed by atoms with E-state index in [0.29, 0.717) is 12.8 Å². The molecule has 1 atom stereocenters. The first-order chi connectivity index (χ1) is 7.89. The molecule has 2 rings (SSSR count). The molecule has 1 unspecified atom stereocenters. The standard InChI is InChI=1S/C14H19NO2/c1-10-4-6-11(7-5-10)15-12(16)8-14(2,3)9-13(15)17/h4-7,12,16H,8-9H2,1-3H3. The number of carbonyl (C=O) groups is 1. The van der Waals surface area contributed by atoms with E-state index in [-0.39, 0.29) is 11.3 Å². The van der Waals surface area contributed by atoms with Crippen molar-refractivity contribution < 1.29 is 9.90 Å². The monoisotopic (exact) mass is 233 g/mol. The second-order valence-corrected chi connectivity index (χ2v) is 5.63. The van der Waals surface area contributed by atoms with Gasteiger partial charge in [-0.05, 0) is 30.9 Å². The fourth-order valence-corrected chi connectivity index (χ4v) is 2.34. The maximum absolute atomic E-state index is 12.1. The van der Waals surface area contributed by atoms with E-state index >= 15 is 0 Å². The molecule has 1 aliphatic heterocycles. The molecule has 1 saturated heterocycles. The van der Waals surface area contributed by atoms with E-state index in [2.05, 4.69) is 0 Å². The van der Waals surface area contributed by atoms with Crippen LogP contribution in [0.4, 0.5) is 5.69 Å². The van der Waals surface area contributed by atoms with Crippen LogP contribution >= 0.6 is 0 Å². The van der Waals surface area contributed by atoms with Crippen molar-refractivity contribution >= 4 is 11.6 Å². The lowest BCUT2D eigenvalue weighted by molar-refractivity contribution is -0.126. The molecule has 1 N–H and O–H groups in total. The number of aryl methyl sites for hydroxylation is 1. The Labute approximate surface area is 102 Å². The van der Waals surface area contributed by atoms with Gasteiger partial charge in [-0.3, -0.25) is 9.69 Å². The van der Waals surface area contributed by atoms with Crippen LogP contribution in [0, 0.1) is 12.3 Å². The van der Waals surface area contributed by atoms with Crippen molar-refractivity contribution in [1.82, 2.24) is 0 Å². The topological polar surface area (TPSA) is 40.5 Å². The molecule has 0 radical (unpaired) electrons. The Bertz CT molecular complexity index is 422. The molecule has 3 heteroatoms. The molecule has 92 valence electrons. The van der Waals surface area contributed by atoms with Crippen molar-refractivity contribution in [2.75, 3.05) is 4.90 Å². The van der Waals surface area contributed by atoms with Gasteiger partial charge in [-0.25, -0.2) is 0 Å². The van der Waals surface area contributed by atoms with E-state index in [1.807, 2.05) is 45.0 Å². The summed E-state index contributed by atoms with van der Waals surface area (Å²) >= 11 is 0. The van der Waals surface area contributed by atoms with Gasteiger partial charge < -0.3 is 5.11 Å². The van der Waals surface area contributed by atoms with Crippen LogP contribution in [0.15, 0.2) is 24.3 Å². The second-order valence-electron chi connectivity index (χ2n) is 5.63. The molecular weight excluding hydrogens is 214 g/mol. The first kappa shape index (κ1) is 12.1. The number of hydrogen-bond acceptors (Lipinski definition) is 2. The van der Waals surface area contributed by atoms with Crippen LogP contribution in [0.1, 0.15) is 32.3 Å². The third kappa shape index (κ3) is 2.50. The summed E-state index contributed by atoms with van der Waals surface area (Å²) in [5.74, 6) is -0.00222. The lowest BCUT2D eigenvalue weighted by atomic mass is 9.81. The highest BCUT2D eigenvalue weighted by Gasteiger charge is 2.37. The molecule has 0 bridgehead atoms. The van der Waals surface area contributed by atoms with Crippen molar-refractivity contribution in [3.05, 3.63) is 29.8 Å². The Morgan fingerprint density at radius 3 is 2.41 bits per heavy atom. The first-order valence-corrected chi connectivity index (χ1v) is 5.96. The summed E-state index contributed by atoms with van der Waals surface area (Å²) in [4.78, 5) is 13.6.